The van der Waals surface area contributed by atoms with Gasteiger partial charge in [0, 0.05) is 24.8 Å². The maximum Gasteiger partial charge on any atom is 0.0436 e. The summed E-state index contributed by atoms with van der Waals surface area (Å²) in [5, 5.41) is 0. The highest BCUT2D eigenvalue weighted by molar-refractivity contribution is 5.52. The van der Waals surface area contributed by atoms with E-state index in [2.05, 4.69) is 60.4 Å². The van der Waals surface area contributed by atoms with Crippen LogP contribution in [0.3, 0.4) is 0 Å². The fourth-order valence-electron chi connectivity index (χ4n) is 2.81. The van der Waals surface area contributed by atoms with Gasteiger partial charge in [0.25, 0.3) is 0 Å². The molecule has 0 saturated heterocycles. The van der Waals surface area contributed by atoms with Gasteiger partial charge in [-0.3, -0.25) is 0 Å². The first-order valence-electron chi connectivity index (χ1n) is 7.42. The first-order valence-corrected chi connectivity index (χ1v) is 7.42. The van der Waals surface area contributed by atoms with E-state index in [-0.39, 0.29) is 6.04 Å². The summed E-state index contributed by atoms with van der Waals surface area (Å²) in [7, 11) is 0. The minimum absolute atomic E-state index is 0.275. The molecule has 3 rings (SSSR count). The lowest BCUT2D eigenvalue weighted by atomic mass is 10.0. The maximum absolute atomic E-state index is 6.01. The number of fused-ring (bicyclic) bond motifs is 1. The van der Waals surface area contributed by atoms with Crippen molar-refractivity contribution < 1.29 is 0 Å². The van der Waals surface area contributed by atoms with Gasteiger partial charge >= 0.3 is 0 Å². The first kappa shape index (κ1) is 13.2. The van der Waals surface area contributed by atoms with Crippen LogP contribution in [0.25, 0.3) is 0 Å². The van der Waals surface area contributed by atoms with E-state index in [9.17, 15) is 0 Å². The Morgan fingerprint density at radius 3 is 2.15 bits per heavy atom. The molecule has 20 heavy (non-hydrogen) atoms. The van der Waals surface area contributed by atoms with E-state index in [1.807, 2.05) is 0 Å². The van der Waals surface area contributed by atoms with Crippen molar-refractivity contribution >= 4 is 5.69 Å². The lowest BCUT2D eigenvalue weighted by molar-refractivity contribution is 0.646. The van der Waals surface area contributed by atoms with Crippen LogP contribution in [-0.2, 0) is 19.5 Å². The van der Waals surface area contributed by atoms with E-state index in [4.69, 9.17) is 5.73 Å². The molecule has 1 heterocycles. The molecule has 1 unspecified atom stereocenters. The van der Waals surface area contributed by atoms with Crippen molar-refractivity contribution in [2.45, 2.75) is 38.9 Å². The van der Waals surface area contributed by atoms with Crippen molar-refractivity contribution in [1.29, 1.82) is 0 Å². The number of nitrogens with two attached hydrogens (primary N) is 1. The van der Waals surface area contributed by atoms with Gasteiger partial charge < -0.3 is 10.6 Å². The van der Waals surface area contributed by atoms with Crippen molar-refractivity contribution in [2.75, 3.05) is 4.90 Å². The average Bonchev–Trinajstić information content (AvgIpc) is 2.91. The third-order valence-electron chi connectivity index (χ3n) is 4.16. The van der Waals surface area contributed by atoms with E-state index in [0.717, 1.165) is 25.9 Å². The second kappa shape index (κ2) is 5.68. The summed E-state index contributed by atoms with van der Waals surface area (Å²) in [6, 6.07) is 17.9. The number of nitrogens with zero attached hydrogens (tertiary/aromatic N) is 1. The normalized spacial score (nSPS) is 15.2. The second-order valence-electron chi connectivity index (χ2n) is 5.66. The van der Waals surface area contributed by atoms with Crippen molar-refractivity contribution in [1.82, 2.24) is 0 Å². The molecule has 2 nitrogen and oxygen atoms in total. The van der Waals surface area contributed by atoms with E-state index >= 15 is 0 Å². The molecule has 0 bridgehead atoms. The average molecular weight is 266 g/mol. The molecular formula is C18H22N2. The van der Waals surface area contributed by atoms with Gasteiger partial charge in [-0.25, -0.2) is 0 Å². The molecule has 104 valence electrons. The van der Waals surface area contributed by atoms with E-state index in [1.165, 1.54) is 22.4 Å². The predicted molar refractivity (Wildman–Crippen MR) is 84.7 cm³/mol. The zero-order valence-corrected chi connectivity index (χ0v) is 12.0. The van der Waals surface area contributed by atoms with Gasteiger partial charge in [0.05, 0.1) is 0 Å². The smallest absolute Gasteiger partial charge is 0.0436 e. The van der Waals surface area contributed by atoms with Gasteiger partial charge in [0.15, 0.2) is 0 Å². The van der Waals surface area contributed by atoms with Gasteiger partial charge in [-0.15, -0.1) is 0 Å². The molecule has 0 amide bonds. The topological polar surface area (TPSA) is 29.3 Å². The second-order valence-corrected chi connectivity index (χ2v) is 5.66. The van der Waals surface area contributed by atoms with E-state index < -0.39 is 0 Å². The SMILES string of the molecule is CCC(N)Cc1ccc(N2Cc3ccccc3C2)cc1. The summed E-state index contributed by atoms with van der Waals surface area (Å²) in [5.74, 6) is 0. The molecule has 0 saturated carbocycles. The molecule has 2 N–H and O–H groups in total. The van der Waals surface area contributed by atoms with Crippen LogP contribution in [0.5, 0.6) is 0 Å². The number of hydrogen-bond acceptors (Lipinski definition) is 2. The van der Waals surface area contributed by atoms with Crippen molar-refractivity contribution in [3.63, 3.8) is 0 Å². The first-order chi connectivity index (χ1) is 9.76. The van der Waals surface area contributed by atoms with E-state index in [0.29, 0.717) is 0 Å². The van der Waals surface area contributed by atoms with Gasteiger partial charge in [-0.05, 0) is 41.7 Å². The third-order valence-corrected chi connectivity index (χ3v) is 4.16. The highest BCUT2D eigenvalue weighted by atomic mass is 15.1. The van der Waals surface area contributed by atoms with Crippen LogP contribution >= 0.6 is 0 Å². The Morgan fingerprint density at radius 1 is 1.00 bits per heavy atom. The molecule has 1 aliphatic rings. The van der Waals surface area contributed by atoms with Gasteiger partial charge in [0.2, 0.25) is 0 Å². The summed E-state index contributed by atoms with van der Waals surface area (Å²) in [4.78, 5) is 2.42. The Balaban J connectivity index is 1.70. The zero-order chi connectivity index (χ0) is 13.9. The van der Waals surface area contributed by atoms with Crippen LogP contribution in [0.2, 0.25) is 0 Å². The molecule has 0 fully saturated rings. The number of benzene rings is 2. The molecule has 1 aliphatic heterocycles. The van der Waals surface area contributed by atoms with Crippen molar-refractivity contribution in [2.24, 2.45) is 5.73 Å². The standard InChI is InChI=1S/C18H22N2/c1-2-17(19)11-14-7-9-18(10-8-14)20-12-15-5-3-4-6-16(15)13-20/h3-10,17H,2,11-13,19H2,1H3. The fraction of sp³-hybridized carbons (Fsp3) is 0.333. The number of anilines is 1. The monoisotopic (exact) mass is 266 g/mol. The highest BCUT2D eigenvalue weighted by Crippen LogP contribution is 2.28. The Bertz CT molecular complexity index is 549. The Labute approximate surface area is 121 Å². The van der Waals surface area contributed by atoms with Gasteiger partial charge in [0.1, 0.15) is 0 Å². The van der Waals surface area contributed by atoms with Gasteiger partial charge in [-0.1, -0.05) is 43.3 Å². The van der Waals surface area contributed by atoms with Crippen LogP contribution in [0, 0.1) is 0 Å². The lowest BCUT2D eigenvalue weighted by Gasteiger charge is -2.18. The molecule has 1 atom stereocenters. The Kier molecular flexibility index (Phi) is 3.75. The summed E-state index contributed by atoms with van der Waals surface area (Å²) in [5.41, 5.74) is 11.5. The zero-order valence-electron chi connectivity index (χ0n) is 12.0. The van der Waals surface area contributed by atoms with Crippen LogP contribution in [0.4, 0.5) is 5.69 Å². The molecule has 0 aliphatic carbocycles. The molecule has 2 aromatic carbocycles. The third kappa shape index (κ3) is 2.70. The Morgan fingerprint density at radius 2 is 1.60 bits per heavy atom. The van der Waals surface area contributed by atoms with Crippen LogP contribution in [-0.4, -0.2) is 6.04 Å². The summed E-state index contributed by atoms with van der Waals surface area (Å²) >= 11 is 0. The van der Waals surface area contributed by atoms with Crippen LogP contribution in [0.15, 0.2) is 48.5 Å². The maximum atomic E-state index is 6.01. The van der Waals surface area contributed by atoms with E-state index in [1.54, 1.807) is 0 Å². The molecule has 2 aromatic rings. The predicted octanol–water partition coefficient (Wildman–Crippen LogP) is 3.49. The molecular weight excluding hydrogens is 244 g/mol. The van der Waals surface area contributed by atoms with Crippen LogP contribution in [0.1, 0.15) is 30.0 Å². The largest absolute Gasteiger partial charge is 0.363 e. The molecule has 0 spiro atoms. The van der Waals surface area contributed by atoms with Crippen molar-refractivity contribution in [3.8, 4) is 0 Å². The number of hydrogen-bond donors (Lipinski definition) is 1. The fourth-order valence-corrected chi connectivity index (χ4v) is 2.81. The minimum atomic E-state index is 0.275. The molecule has 0 radical (unpaired) electrons. The quantitative estimate of drug-likeness (QED) is 0.918. The summed E-state index contributed by atoms with van der Waals surface area (Å²) < 4.78 is 0. The molecule has 0 aromatic heterocycles. The van der Waals surface area contributed by atoms with Crippen LogP contribution < -0.4 is 10.6 Å². The lowest BCUT2D eigenvalue weighted by Crippen LogP contribution is -2.21. The molecule has 2 heteroatoms. The van der Waals surface area contributed by atoms with Gasteiger partial charge in [-0.2, -0.15) is 0 Å². The Hall–Kier alpha value is -1.80. The van der Waals surface area contributed by atoms with Crippen molar-refractivity contribution in [3.05, 3.63) is 65.2 Å². The highest BCUT2D eigenvalue weighted by Gasteiger charge is 2.18. The minimum Gasteiger partial charge on any atom is -0.363 e. The summed E-state index contributed by atoms with van der Waals surface area (Å²) in [6.07, 6.45) is 2.00. The summed E-state index contributed by atoms with van der Waals surface area (Å²) in [6.45, 7) is 4.18. The number of rotatable bonds is 4.